The summed E-state index contributed by atoms with van der Waals surface area (Å²) in [6.07, 6.45) is 1.29. The molecular weight excluding hydrogens is 323 g/mol. The van der Waals surface area contributed by atoms with Gasteiger partial charge in [0.2, 0.25) is 5.43 Å². The molecule has 1 heterocycles. The maximum atomic E-state index is 13.5. The van der Waals surface area contributed by atoms with E-state index in [1.807, 2.05) is 24.3 Å². The summed E-state index contributed by atoms with van der Waals surface area (Å²) in [5.74, 6) is -0.312. The van der Waals surface area contributed by atoms with E-state index in [9.17, 15) is 9.18 Å². The first-order valence-corrected chi connectivity index (χ1v) is 6.84. The topological polar surface area (TPSA) is 34.9 Å². The second-order valence-electron chi connectivity index (χ2n) is 4.40. The van der Waals surface area contributed by atoms with Gasteiger partial charge in [-0.1, -0.05) is 24.3 Å². The van der Waals surface area contributed by atoms with E-state index >= 15 is 0 Å². The fourth-order valence-electron chi connectivity index (χ4n) is 2.12. The zero-order chi connectivity index (χ0) is 14.1. The summed E-state index contributed by atoms with van der Waals surface area (Å²) in [4.78, 5) is 11.8. The highest BCUT2D eigenvalue weighted by Crippen LogP contribution is 2.22. The van der Waals surface area contributed by atoms with Crippen LogP contribution in [0.15, 0.2) is 57.9 Å². The Balaban J connectivity index is 2.14. The van der Waals surface area contributed by atoms with Crippen LogP contribution in [0.3, 0.4) is 0 Å². The second-order valence-corrected chi connectivity index (χ2v) is 5.19. The van der Waals surface area contributed by atoms with Gasteiger partial charge in [0.1, 0.15) is 5.82 Å². The number of benzene rings is 2. The van der Waals surface area contributed by atoms with Gasteiger partial charge in [0, 0.05) is 5.39 Å². The first kappa shape index (κ1) is 13.0. The summed E-state index contributed by atoms with van der Waals surface area (Å²) in [7, 11) is 0. The van der Waals surface area contributed by atoms with E-state index in [2.05, 4.69) is 21.0 Å². The Hall–Kier alpha value is -2.01. The highest BCUT2D eigenvalue weighted by atomic mass is 79.9. The summed E-state index contributed by atoms with van der Waals surface area (Å²) in [6.45, 7) is 0.388. The third-order valence-electron chi connectivity index (χ3n) is 3.11. The lowest BCUT2D eigenvalue weighted by Gasteiger charge is -2.10. The second kappa shape index (κ2) is 5.17. The van der Waals surface area contributed by atoms with Gasteiger partial charge in [-0.15, -0.1) is 0 Å². The van der Waals surface area contributed by atoms with Crippen molar-refractivity contribution in [3.63, 3.8) is 0 Å². The third-order valence-corrected chi connectivity index (χ3v) is 4.00. The van der Waals surface area contributed by atoms with E-state index < -0.39 is 0 Å². The molecule has 0 spiro atoms. The fourth-order valence-corrected chi connectivity index (χ4v) is 2.51. The summed E-state index contributed by atoms with van der Waals surface area (Å²) >= 11 is 3.24. The number of hydrogen-bond acceptors (Lipinski definition) is 2. The Bertz CT molecular complexity index is 845. The lowest BCUT2D eigenvalue weighted by atomic mass is 10.2. The first-order chi connectivity index (χ1) is 9.66. The molecule has 0 N–H and O–H groups in total. The van der Waals surface area contributed by atoms with E-state index in [0.29, 0.717) is 16.4 Å². The molecule has 1 aromatic heterocycles. The van der Waals surface area contributed by atoms with Gasteiger partial charge in [-0.05, 0) is 39.7 Å². The molecule has 3 aromatic rings. The van der Waals surface area contributed by atoms with E-state index in [1.165, 1.54) is 12.3 Å². The Morgan fingerprint density at radius 2 is 1.95 bits per heavy atom. The van der Waals surface area contributed by atoms with Crippen molar-refractivity contribution in [2.75, 3.05) is 0 Å². The molecule has 0 atom stereocenters. The minimum absolute atomic E-state index is 0.116. The molecule has 3 nitrogen and oxygen atoms in total. The van der Waals surface area contributed by atoms with Crippen molar-refractivity contribution in [2.45, 2.75) is 6.54 Å². The molecule has 0 aliphatic carbocycles. The van der Waals surface area contributed by atoms with Crippen molar-refractivity contribution in [2.24, 2.45) is 0 Å². The molecule has 0 aliphatic heterocycles. The van der Waals surface area contributed by atoms with Crippen LogP contribution in [0.25, 0.3) is 10.9 Å². The summed E-state index contributed by atoms with van der Waals surface area (Å²) in [6, 6.07) is 12.1. The lowest BCUT2D eigenvalue weighted by molar-refractivity contribution is 0.612. The van der Waals surface area contributed by atoms with Gasteiger partial charge in [0.15, 0.2) is 0 Å². The summed E-state index contributed by atoms with van der Waals surface area (Å²) in [5.41, 5.74) is 1.39. The van der Waals surface area contributed by atoms with Gasteiger partial charge >= 0.3 is 0 Å². The molecule has 3 rings (SSSR count). The number of hydrogen-bond donors (Lipinski definition) is 0. The average Bonchev–Trinajstić information content (AvgIpc) is 2.47. The van der Waals surface area contributed by atoms with E-state index in [0.717, 1.165) is 11.1 Å². The molecule has 0 saturated heterocycles. The van der Waals surface area contributed by atoms with Crippen LogP contribution in [0.1, 0.15) is 5.56 Å². The average molecular weight is 333 g/mol. The molecule has 100 valence electrons. The summed E-state index contributed by atoms with van der Waals surface area (Å²) < 4.78 is 15.6. The standard InChI is InChI=1S/C15H10BrFN2O/c16-15-10(4-3-6-12(15)17)9-19-13-7-2-1-5-11(13)14(20)8-18-19/h1-8H,9H2. The molecule has 0 bridgehead atoms. The van der Waals surface area contributed by atoms with Gasteiger partial charge in [0.25, 0.3) is 0 Å². The van der Waals surface area contributed by atoms with Gasteiger partial charge in [-0.25, -0.2) is 4.39 Å². The van der Waals surface area contributed by atoms with Crippen molar-refractivity contribution < 1.29 is 4.39 Å². The van der Waals surface area contributed by atoms with Crippen LogP contribution in [0.2, 0.25) is 0 Å². The monoisotopic (exact) mass is 332 g/mol. The van der Waals surface area contributed by atoms with Gasteiger partial charge in [-0.3, -0.25) is 9.48 Å². The van der Waals surface area contributed by atoms with Crippen LogP contribution in [0.5, 0.6) is 0 Å². The molecule has 0 saturated carbocycles. The molecule has 5 heteroatoms. The molecule has 20 heavy (non-hydrogen) atoms. The predicted octanol–water partition coefficient (Wildman–Crippen LogP) is 3.35. The van der Waals surface area contributed by atoms with Crippen molar-refractivity contribution in [1.82, 2.24) is 9.78 Å². The van der Waals surface area contributed by atoms with E-state index in [-0.39, 0.29) is 11.2 Å². The number of fused-ring (bicyclic) bond motifs is 1. The van der Waals surface area contributed by atoms with Crippen LogP contribution in [-0.2, 0) is 6.54 Å². The summed E-state index contributed by atoms with van der Waals surface area (Å²) in [5, 5.41) is 4.74. The zero-order valence-corrected chi connectivity index (χ0v) is 12.0. The molecule has 0 radical (unpaired) electrons. The van der Waals surface area contributed by atoms with Crippen molar-refractivity contribution in [3.05, 3.63) is 74.7 Å². The highest BCUT2D eigenvalue weighted by Gasteiger charge is 2.08. The smallest absolute Gasteiger partial charge is 0.207 e. The number of aromatic nitrogens is 2. The van der Waals surface area contributed by atoms with Gasteiger partial charge < -0.3 is 0 Å². The highest BCUT2D eigenvalue weighted by molar-refractivity contribution is 9.10. The van der Waals surface area contributed by atoms with Crippen LogP contribution < -0.4 is 5.43 Å². The normalized spacial score (nSPS) is 10.9. The Morgan fingerprint density at radius 3 is 2.80 bits per heavy atom. The minimum atomic E-state index is -0.312. The number of nitrogens with zero attached hydrogens (tertiary/aromatic N) is 2. The molecule has 0 aliphatic rings. The Kier molecular flexibility index (Phi) is 3.36. The Labute approximate surface area is 122 Å². The van der Waals surface area contributed by atoms with Crippen LogP contribution in [0, 0.1) is 5.82 Å². The molecule has 2 aromatic carbocycles. The van der Waals surface area contributed by atoms with Crippen LogP contribution >= 0.6 is 15.9 Å². The molecular formula is C15H10BrFN2O. The largest absolute Gasteiger partial charge is 0.287 e. The number of halogens is 2. The maximum Gasteiger partial charge on any atom is 0.207 e. The Morgan fingerprint density at radius 1 is 1.15 bits per heavy atom. The molecule has 0 unspecified atom stereocenters. The third kappa shape index (κ3) is 2.25. The SMILES string of the molecule is O=c1cnn(Cc2cccc(F)c2Br)c2ccccc12. The predicted molar refractivity (Wildman–Crippen MR) is 79.2 cm³/mol. The van der Waals surface area contributed by atoms with Crippen molar-refractivity contribution >= 4 is 26.8 Å². The quantitative estimate of drug-likeness (QED) is 0.721. The van der Waals surface area contributed by atoms with Crippen LogP contribution in [0.4, 0.5) is 4.39 Å². The van der Waals surface area contributed by atoms with E-state index in [1.54, 1.807) is 16.8 Å². The van der Waals surface area contributed by atoms with Crippen LogP contribution in [-0.4, -0.2) is 9.78 Å². The fraction of sp³-hybridized carbons (Fsp3) is 0.0667. The number of para-hydroxylation sites is 1. The maximum absolute atomic E-state index is 13.5. The lowest BCUT2D eigenvalue weighted by Crippen LogP contribution is -2.13. The van der Waals surface area contributed by atoms with Gasteiger partial charge in [-0.2, -0.15) is 5.10 Å². The van der Waals surface area contributed by atoms with Crippen molar-refractivity contribution in [3.8, 4) is 0 Å². The molecule has 0 amide bonds. The van der Waals surface area contributed by atoms with Gasteiger partial charge in [0.05, 0.1) is 22.7 Å². The minimum Gasteiger partial charge on any atom is -0.287 e. The van der Waals surface area contributed by atoms with Crippen molar-refractivity contribution in [1.29, 1.82) is 0 Å². The zero-order valence-electron chi connectivity index (χ0n) is 10.4. The number of rotatable bonds is 2. The molecule has 0 fully saturated rings. The van der Waals surface area contributed by atoms with E-state index in [4.69, 9.17) is 0 Å². The first-order valence-electron chi connectivity index (χ1n) is 6.04.